The molecule has 1 aromatic carbocycles. The number of carboxylic acid groups (broad SMARTS) is 2. The van der Waals surface area contributed by atoms with Crippen molar-refractivity contribution in [1.82, 2.24) is 10.2 Å². The van der Waals surface area contributed by atoms with Crippen LogP contribution in [0.25, 0.3) is 0 Å². The fraction of sp³-hybridized carbons (Fsp3) is 0.625. The Morgan fingerprint density at radius 3 is 2.00 bits per heavy atom. The number of hydrogen-bond acceptors (Lipinski definition) is 4. The number of aliphatic carboxylic acids is 2. The lowest BCUT2D eigenvalue weighted by molar-refractivity contribution is -0.143. The summed E-state index contributed by atoms with van der Waals surface area (Å²) in [5, 5.41) is 21.1. The van der Waals surface area contributed by atoms with Gasteiger partial charge in [0.25, 0.3) is 0 Å². The summed E-state index contributed by atoms with van der Waals surface area (Å²) in [7, 11) is 0. The molecular formula is C24H36N2O5. The standard InChI is InChI=1S/C24H36N2O5/c1-16(2)12-18-4-8-20(9-5-18)17(3)24(31)25-13-19-6-10-21(11-7-19)26(14-22(27)28)15-23(29)30/h4-5,8-9,16-17,19,21H,6-7,10-15H2,1-3H3,(H,25,31)(H,27,28)(H,29,30)/t17-,19?,21?/m0/s1. The molecule has 0 aliphatic heterocycles. The van der Waals surface area contributed by atoms with Crippen molar-refractivity contribution in [3.05, 3.63) is 35.4 Å². The molecule has 7 nitrogen and oxygen atoms in total. The van der Waals surface area contributed by atoms with E-state index in [0.717, 1.165) is 37.7 Å². The lowest BCUT2D eigenvalue weighted by Gasteiger charge is -2.35. The van der Waals surface area contributed by atoms with Gasteiger partial charge in [-0.05, 0) is 62.0 Å². The van der Waals surface area contributed by atoms with Crippen LogP contribution in [-0.2, 0) is 20.8 Å². The van der Waals surface area contributed by atoms with Gasteiger partial charge in [0.05, 0.1) is 19.0 Å². The molecule has 1 aliphatic carbocycles. The molecular weight excluding hydrogens is 396 g/mol. The van der Waals surface area contributed by atoms with Gasteiger partial charge < -0.3 is 15.5 Å². The average molecular weight is 433 g/mol. The molecule has 1 amide bonds. The van der Waals surface area contributed by atoms with Gasteiger partial charge in [0.1, 0.15) is 0 Å². The minimum absolute atomic E-state index is 0.0112. The van der Waals surface area contributed by atoms with E-state index in [2.05, 4.69) is 31.3 Å². The summed E-state index contributed by atoms with van der Waals surface area (Å²) >= 11 is 0. The number of rotatable bonds is 11. The van der Waals surface area contributed by atoms with Crippen LogP contribution in [0, 0.1) is 11.8 Å². The maximum Gasteiger partial charge on any atom is 0.317 e. The number of benzene rings is 1. The van der Waals surface area contributed by atoms with Gasteiger partial charge in [-0.2, -0.15) is 0 Å². The van der Waals surface area contributed by atoms with E-state index in [4.69, 9.17) is 10.2 Å². The fourth-order valence-electron chi connectivity index (χ4n) is 4.34. The maximum atomic E-state index is 12.6. The number of nitrogens with one attached hydrogen (secondary N) is 1. The first-order valence-corrected chi connectivity index (χ1v) is 11.2. The summed E-state index contributed by atoms with van der Waals surface area (Å²) in [4.78, 5) is 36.2. The smallest absolute Gasteiger partial charge is 0.317 e. The normalized spacial score (nSPS) is 19.9. The molecule has 1 saturated carbocycles. The third-order valence-corrected chi connectivity index (χ3v) is 6.09. The van der Waals surface area contributed by atoms with Crippen LogP contribution >= 0.6 is 0 Å². The Balaban J connectivity index is 1.80. The van der Waals surface area contributed by atoms with Crippen LogP contribution in [-0.4, -0.2) is 58.6 Å². The summed E-state index contributed by atoms with van der Waals surface area (Å²) in [6, 6.07) is 8.22. The van der Waals surface area contributed by atoms with Crippen molar-refractivity contribution in [2.24, 2.45) is 11.8 Å². The molecule has 3 N–H and O–H groups in total. The Morgan fingerprint density at radius 2 is 1.52 bits per heavy atom. The minimum Gasteiger partial charge on any atom is -0.480 e. The van der Waals surface area contributed by atoms with Gasteiger partial charge >= 0.3 is 11.9 Å². The predicted molar refractivity (Wildman–Crippen MR) is 119 cm³/mol. The van der Waals surface area contributed by atoms with Crippen LogP contribution in [0.2, 0.25) is 0 Å². The van der Waals surface area contributed by atoms with Gasteiger partial charge in [0.2, 0.25) is 5.91 Å². The maximum absolute atomic E-state index is 12.6. The molecule has 7 heteroatoms. The van der Waals surface area contributed by atoms with E-state index in [1.165, 1.54) is 10.5 Å². The van der Waals surface area contributed by atoms with Crippen molar-refractivity contribution >= 4 is 17.8 Å². The van der Waals surface area contributed by atoms with E-state index in [9.17, 15) is 14.4 Å². The first kappa shape index (κ1) is 24.9. The monoisotopic (exact) mass is 432 g/mol. The molecule has 0 unspecified atom stereocenters. The number of nitrogens with zero attached hydrogens (tertiary/aromatic N) is 1. The van der Waals surface area contributed by atoms with E-state index in [1.54, 1.807) is 0 Å². The number of amides is 1. The van der Waals surface area contributed by atoms with Gasteiger partial charge in [-0.25, -0.2) is 0 Å². The molecule has 0 aromatic heterocycles. The van der Waals surface area contributed by atoms with Crippen LogP contribution in [0.15, 0.2) is 24.3 Å². The van der Waals surface area contributed by atoms with E-state index < -0.39 is 11.9 Å². The highest BCUT2D eigenvalue weighted by atomic mass is 16.4. The van der Waals surface area contributed by atoms with Gasteiger partial charge in [-0.3, -0.25) is 19.3 Å². The van der Waals surface area contributed by atoms with Crippen LogP contribution in [0.1, 0.15) is 63.5 Å². The molecule has 0 spiro atoms. The lowest BCUT2D eigenvalue weighted by Crippen LogP contribution is -2.45. The Kier molecular flexibility index (Phi) is 9.49. The lowest BCUT2D eigenvalue weighted by atomic mass is 9.85. The second kappa shape index (κ2) is 11.8. The minimum atomic E-state index is -1.01. The van der Waals surface area contributed by atoms with Crippen LogP contribution in [0.5, 0.6) is 0 Å². The Labute approximate surface area is 184 Å². The van der Waals surface area contributed by atoms with E-state index >= 15 is 0 Å². The molecule has 0 saturated heterocycles. The molecule has 0 bridgehead atoms. The van der Waals surface area contributed by atoms with Crippen LogP contribution < -0.4 is 5.32 Å². The summed E-state index contributed by atoms with van der Waals surface area (Å²) in [5.41, 5.74) is 2.29. The highest BCUT2D eigenvalue weighted by Gasteiger charge is 2.28. The summed E-state index contributed by atoms with van der Waals surface area (Å²) < 4.78 is 0. The zero-order valence-electron chi connectivity index (χ0n) is 18.8. The van der Waals surface area contributed by atoms with Gasteiger partial charge in [-0.15, -0.1) is 0 Å². The molecule has 1 aromatic rings. The first-order chi connectivity index (χ1) is 14.7. The van der Waals surface area contributed by atoms with Gasteiger partial charge in [-0.1, -0.05) is 38.1 Å². The fourth-order valence-corrected chi connectivity index (χ4v) is 4.34. The summed E-state index contributed by atoms with van der Waals surface area (Å²) in [6.45, 7) is 6.37. The van der Waals surface area contributed by atoms with Gasteiger partial charge in [0.15, 0.2) is 0 Å². The summed E-state index contributed by atoms with van der Waals surface area (Å²) in [6.07, 6.45) is 4.21. The number of hydrogen-bond donors (Lipinski definition) is 3. The molecule has 0 heterocycles. The quantitative estimate of drug-likeness (QED) is 0.496. The molecule has 31 heavy (non-hydrogen) atoms. The average Bonchev–Trinajstić information content (AvgIpc) is 2.71. The van der Waals surface area contributed by atoms with E-state index in [0.29, 0.717) is 18.4 Å². The second-order valence-electron chi connectivity index (χ2n) is 9.17. The van der Waals surface area contributed by atoms with E-state index in [1.807, 2.05) is 19.1 Å². The zero-order chi connectivity index (χ0) is 23.0. The predicted octanol–water partition coefficient (Wildman–Crippen LogP) is 3.13. The van der Waals surface area contributed by atoms with Crippen molar-refractivity contribution in [2.45, 2.75) is 64.8 Å². The highest BCUT2D eigenvalue weighted by molar-refractivity contribution is 5.83. The van der Waals surface area contributed by atoms with Crippen molar-refractivity contribution in [2.75, 3.05) is 19.6 Å². The van der Waals surface area contributed by atoms with Crippen molar-refractivity contribution < 1.29 is 24.6 Å². The molecule has 1 atom stereocenters. The van der Waals surface area contributed by atoms with Crippen LogP contribution in [0.4, 0.5) is 0 Å². The summed E-state index contributed by atoms with van der Waals surface area (Å²) in [5.74, 6) is -1.30. The largest absolute Gasteiger partial charge is 0.480 e. The third-order valence-electron chi connectivity index (χ3n) is 6.09. The number of carbonyl (C=O) groups is 3. The molecule has 1 fully saturated rings. The Morgan fingerprint density at radius 1 is 0.968 bits per heavy atom. The van der Waals surface area contributed by atoms with Crippen molar-refractivity contribution in [3.63, 3.8) is 0 Å². The number of carboxylic acids is 2. The number of carbonyl (C=O) groups excluding carboxylic acids is 1. The Bertz CT molecular complexity index is 723. The highest BCUT2D eigenvalue weighted by Crippen LogP contribution is 2.27. The molecule has 172 valence electrons. The molecule has 2 rings (SSSR count). The topological polar surface area (TPSA) is 107 Å². The Hall–Kier alpha value is -2.41. The van der Waals surface area contributed by atoms with Crippen LogP contribution in [0.3, 0.4) is 0 Å². The molecule has 0 radical (unpaired) electrons. The first-order valence-electron chi connectivity index (χ1n) is 11.2. The SMILES string of the molecule is CC(C)Cc1ccc([C@H](C)C(=O)NCC2CCC(N(CC(=O)O)CC(=O)O)CC2)cc1. The molecule has 1 aliphatic rings. The van der Waals surface area contributed by atoms with E-state index in [-0.39, 0.29) is 31.0 Å². The third kappa shape index (κ3) is 8.32. The van der Waals surface area contributed by atoms with Gasteiger partial charge in [0, 0.05) is 12.6 Å². The second-order valence-corrected chi connectivity index (χ2v) is 9.17. The van der Waals surface area contributed by atoms with Crippen molar-refractivity contribution in [3.8, 4) is 0 Å². The zero-order valence-corrected chi connectivity index (χ0v) is 18.8. The van der Waals surface area contributed by atoms with Crippen molar-refractivity contribution in [1.29, 1.82) is 0 Å².